The fourth-order valence-electron chi connectivity index (χ4n) is 4.11. The zero-order valence-electron chi connectivity index (χ0n) is 18.8. The molecule has 0 aromatic heterocycles. The van der Waals surface area contributed by atoms with Crippen molar-refractivity contribution in [2.45, 2.75) is 144 Å². The van der Waals surface area contributed by atoms with Gasteiger partial charge in [-0.2, -0.15) is 0 Å². The molecule has 1 atom stereocenters. The predicted octanol–water partition coefficient (Wildman–Crippen LogP) is 9.57. The smallest absolute Gasteiger partial charge is 0.0389 e. The third-order valence-corrected chi connectivity index (χ3v) is 5.90. The molecule has 0 aliphatic heterocycles. The van der Waals surface area contributed by atoms with Crippen molar-refractivity contribution in [3.8, 4) is 0 Å². The average Bonchev–Trinajstić information content (AvgIpc) is 2.56. The summed E-state index contributed by atoms with van der Waals surface area (Å²) in [5, 5.41) is 0. The van der Waals surface area contributed by atoms with Gasteiger partial charge in [-0.05, 0) is 24.2 Å². The van der Waals surface area contributed by atoms with E-state index in [-0.39, 0.29) is 0 Å². The predicted molar refractivity (Wildman–Crippen MR) is 117 cm³/mol. The minimum absolute atomic E-state index is 0.865. The van der Waals surface area contributed by atoms with Crippen LogP contribution in [0.4, 0.5) is 0 Å². The van der Waals surface area contributed by atoms with Crippen molar-refractivity contribution in [2.75, 3.05) is 0 Å². The van der Waals surface area contributed by atoms with Crippen LogP contribution >= 0.6 is 0 Å². The largest absolute Gasteiger partial charge is 0.0654 e. The van der Waals surface area contributed by atoms with Crippen molar-refractivity contribution in [3.63, 3.8) is 0 Å². The first-order valence-electron chi connectivity index (χ1n) is 12.1. The summed E-state index contributed by atoms with van der Waals surface area (Å²) in [6, 6.07) is 0. The molecule has 0 saturated carbocycles. The molecule has 0 heteroatoms. The second-order valence-electron chi connectivity index (χ2n) is 9.37. The maximum absolute atomic E-state index is 2.41. The van der Waals surface area contributed by atoms with E-state index in [0.717, 1.165) is 17.8 Å². The molecule has 0 nitrogen and oxygen atoms in total. The van der Waals surface area contributed by atoms with Gasteiger partial charge in [0.2, 0.25) is 0 Å². The van der Waals surface area contributed by atoms with Crippen LogP contribution in [0.25, 0.3) is 0 Å². The molecule has 0 heterocycles. The van der Waals surface area contributed by atoms with Crippen molar-refractivity contribution in [1.82, 2.24) is 0 Å². The Morgan fingerprint density at radius 1 is 0.480 bits per heavy atom. The second-order valence-corrected chi connectivity index (χ2v) is 9.37. The van der Waals surface area contributed by atoms with Crippen LogP contribution < -0.4 is 0 Å². The van der Waals surface area contributed by atoms with Gasteiger partial charge >= 0.3 is 0 Å². The maximum atomic E-state index is 2.41. The van der Waals surface area contributed by atoms with Gasteiger partial charge < -0.3 is 0 Å². The minimum atomic E-state index is 0.865. The molecule has 0 spiro atoms. The molecule has 25 heavy (non-hydrogen) atoms. The lowest BCUT2D eigenvalue weighted by Gasteiger charge is -2.22. The minimum Gasteiger partial charge on any atom is -0.0654 e. The van der Waals surface area contributed by atoms with E-state index in [4.69, 9.17) is 0 Å². The van der Waals surface area contributed by atoms with Gasteiger partial charge in [0.25, 0.3) is 0 Å². The summed E-state index contributed by atoms with van der Waals surface area (Å²) in [5.74, 6) is 2.69. The van der Waals surface area contributed by atoms with Gasteiger partial charge in [0.1, 0.15) is 0 Å². The molecule has 0 rings (SSSR count). The van der Waals surface area contributed by atoms with Gasteiger partial charge in [0.05, 0.1) is 0 Å². The van der Waals surface area contributed by atoms with Gasteiger partial charge in [-0.1, -0.05) is 137 Å². The highest BCUT2D eigenvalue weighted by atomic mass is 14.2. The number of rotatable bonds is 19. The van der Waals surface area contributed by atoms with Gasteiger partial charge in [0, 0.05) is 0 Å². The summed E-state index contributed by atoms with van der Waals surface area (Å²) in [6.07, 6.45) is 24.9. The van der Waals surface area contributed by atoms with Crippen LogP contribution in [0.2, 0.25) is 0 Å². The summed E-state index contributed by atoms with van der Waals surface area (Å²) < 4.78 is 0. The van der Waals surface area contributed by atoms with E-state index in [0.29, 0.717) is 0 Å². The lowest BCUT2D eigenvalue weighted by atomic mass is 9.84. The van der Waals surface area contributed by atoms with E-state index < -0.39 is 0 Å². The second kappa shape index (κ2) is 18.8. The first-order chi connectivity index (χ1) is 12.1. The average molecular weight is 353 g/mol. The van der Waals surface area contributed by atoms with Crippen LogP contribution in [0.15, 0.2) is 0 Å². The molecule has 0 aliphatic rings. The van der Waals surface area contributed by atoms with E-state index >= 15 is 0 Å². The van der Waals surface area contributed by atoms with Crippen LogP contribution in [-0.2, 0) is 0 Å². The Morgan fingerprint density at radius 3 is 1.16 bits per heavy atom. The standard InChI is InChI=1S/C25H52/c1-6-7-8-9-10-11-12-13-14-15-16-17-18-19-20-21-25(24(4)5)22-23(2)3/h23-25H,6-22H2,1-5H3. The summed E-state index contributed by atoms with van der Waals surface area (Å²) in [6.45, 7) is 11.9. The third-order valence-electron chi connectivity index (χ3n) is 5.90. The molecule has 0 aromatic carbocycles. The summed E-state index contributed by atoms with van der Waals surface area (Å²) >= 11 is 0. The van der Waals surface area contributed by atoms with E-state index in [1.807, 2.05) is 0 Å². The molecule has 0 radical (unpaired) electrons. The topological polar surface area (TPSA) is 0 Å². The van der Waals surface area contributed by atoms with E-state index in [1.165, 1.54) is 109 Å². The van der Waals surface area contributed by atoms with Crippen LogP contribution in [0.5, 0.6) is 0 Å². The zero-order chi connectivity index (χ0) is 18.8. The molecule has 0 fully saturated rings. The van der Waals surface area contributed by atoms with Crippen LogP contribution in [0.3, 0.4) is 0 Å². The number of hydrogen-bond acceptors (Lipinski definition) is 0. The van der Waals surface area contributed by atoms with Crippen molar-refractivity contribution >= 4 is 0 Å². The quantitative estimate of drug-likeness (QED) is 0.203. The fourth-order valence-corrected chi connectivity index (χ4v) is 4.11. The SMILES string of the molecule is CCCCCCCCCCCCCCCCCC(CC(C)C)C(C)C. The molecule has 152 valence electrons. The van der Waals surface area contributed by atoms with Crippen LogP contribution in [-0.4, -0.2) is 0 Å². The molecular weight excluding hydrogens is 300 g/mol. The Labute approximate surface area is 161 Å². The number of hydrogen-bond donors (Lipinski definition) is 0. The Balaban J connectivity index is 3.25. The van der Waals surface area contributed by atoms with E-state index in [1.54, 1.807) is 0 Å². The lowest BCUT2D eigenvalue weighted by Crippen LogP contribution is -2.11. The van der Waals surface area contributed by atoms with Gasteiger partial charge in [-0.3, -0.25) is 0 Å². The van der Waals surface area contributed by atoms with E-state index in [9.17, 15) is 0 Å². The van der Waals surface area contributed by atoms with Crippen LogP contribution in [0, 0.1) is 17.8 Å². The molecule has 0 N–H and O–H groups in total. The summed E-state index contributed by atoms with van der Waals surface area (Å²) in [4.78, 5) is 0. The normalized spacial score (nSPS) is 13.1. The zero-order valence-corrected chi connectivity index (χ0v) is 18.8. The first-order valence-corrected chi connectivity index (χ1v) is 12.1. The Hall–Kier alpha value is 0. The Bertz CT molecular complexity index is 240. The summed E-state index contributed by atoms with van der Waals surface area (Å²) in [7, 11) is 0. The lowest BCUT2D eigenvalue weighted by molar-refractivity contribution is 0.289. The highest BCUT2D eigenvalue weighted by molar-refractivity contribution is 4.65. The molecule has 0 amide bonds. The monoisotopic (exact) mass is 352 g/mol. The molecule has 0 aliphatic carbocycles. The first kappa shape index (κ1) is 25.0. The maximum Gasteiger partial charge on any atom is -0.0389 e. The fraction of sp³-hybridized carbons (Fsp3) is 1.00. The Morgan fingerprint density at radius 2 is 0.840 bits per heavy atom. The molecular formula is C25H52. The van der Waals surface area contributed by atoms with Crippen molar-refractivity contribution < 1.29 is 0 Å². The molecule has 0 aromatic rings. The van der Waals surface area contributed by atoms with Gasteiger partial charge in [-0.15, -0.1) is 0 Å². The highest BCUT2D eigenvalue weighted by Crippen LogP contribution is 2.26. The van der Waals surface area contributed by atoms with Crippen molar-refractivity contribution in [1.29, 1.82) is 0 Å². The summed E-state index contributed by atoms with van der Waals surface area (Å²) in [5.41, 5.74) is 0. The van der Waals surface area contributed by atoms with Crippen LogP contribution in [0.1, 0.15) is 144 Å². The highest BCUT2D eigenvalue weighted by Gasteiger charge is 2.14. The van der Waals surface area contributed by atoms with Crippen molar-refractivity contribution in [2.24, 2.45) is 17.8 Å². The number of unbranched alkanes of at least 4 members (excludes halogenated alkanes) is 14. The van der Waals surface area contributed by atoms with E-state index in [2.05, 4.69) is 34.6 Å². The molecule has 0 bridgehead atoms. The molecule has 0 saturated heterocycles. The third kappa shape index (κ3) is 18.6. The van der Waals surface area contributed by atoms with Gasteiger partial charge in [0.15, 0.2) is 0 Å². The van der Waals surface area contributed by atoms with Gasteiger partial charge in [-0.25, -0.2) is 0 Å². The Kier molecular flexibility index (Phi) is 18.8. The molecule has 1 unspecified atom stereocenters. The van der Waals surface area contributed by atoms with Crippen molar-refractivity contribution in [3.05, 3.63) is 0 Å².